The highest BCUT2D eigenvalue weighted by molar-refractivity contribution is 8.00. The molecule has 0 amide bonds. The lowest BCUT2D eigenvalue weighted by atomic mass is 10.4. The zero-order valence-corrected chi connectivity index (χ0v) is 5.71. The molecule has 0 spiro atoms. The second-order valence-corrected chi connectivity index (χ2v) is 3.14. The lowest BCUT2D eigenvalue weighted by molar-refractivity contribution is 0.525. The van der Waals surface area contributed by atoms with E-state index in [9.17, 15) is 0 Å². The number of aromatic nitrogens is 3. The summed E-state index contributed by atoms with van der Waals surface area (Å²) in [5.74, 6) is 2.40. The monoisotopic (exact) mass is 141 g/mol. The molecule has 1 aromatic heterocycles. The van der Waals surface area contributed by atoms with Crippen molar-refractivity contribution < 1.29 is 0 Å². The lowest BCUT2D eigenvalue weighted by Gasteiger charge is -2.24. The second-order valence-electron chi connectivity index (χ2n) is 2.07. The molecule has 0 saturated carbocycles. The molecule has 1 fully saturated rings. The van der Waals surface area contributed by atoms with Crippen molar-refractivity contribution in [3.63, 3.8) is 0 Å². The van der Waals surface area contributed by atoms with Crippen LogP contribution in [0.3, 0.4) is 0 Å². The molecule has 48 valence electrons. The van der Waals surface area contributed by atoms with Gasteiger partial charge in [0.2, 0.25) is 0 Å². The van der Waals surface area contributed by atoms with Gasteiger partial charge in [-0.05, 0) is 0 Å². The van der Waals surface area contributed by atoms with Crippen LogP contribution in [0.1, 0.15) is 6.04 Å². The molecule has 0 N–H and O–H groups in total. The molecule has 4 heteroatoms. The molecule has 0 aromatic carbocycles. The molecule has 9 heavy (non-hydrogen) atoms. The highest BCUT2D eigenvalue weighted by Crippen LogP contribution is 2.27. The summed E-state index contributed by atoms with van der Waals surface area (Å²) in [5.41, 5.74) is 0. The van der Waals surface area contributed by atoms with Crippen molar-refractivity contribution >= 4 is 11.8 Å². The van der Waals surface area contributed by atoms with E-state index in [0.29, 0.717) is 6.04 Å². The van der Waals surface area contributed by atoms with Gasteiger partial charge >= 0.3 is 0 Å². The summed E-state index contributed by atoms with van der Waals surface area (Å²) in [4.78, 5) is 3.87. The highest BCUT2D eigenvalue weighted by atomic mass is 32.2. The number of thioether (sulfide) groups is 1. The predicted molar refractivity (Wildman–Crippen MR) is 36.4 cm³/mol. The van der Waals surface area contributed by atoms with Gasteiger partial charge in [-0.1, -0.05) is 0 Å². The standard InChI is InChI=1S/C5H7N3S/c1-5(2-9-1)8-4-6-3-7-8/h3-5H,1-2H2. The van der Waals surface area contributed by atoms with Crippen molar-refractivity contribution in [2.24, 2.45) is 0 Å². The van der Waals surface area contributed by atoms with Crippen molar-refractivity contribution in [3.8, 4) is 0 Å². The Balaban J connectivity index is 2.14. The van der Waals surface area contributed by atoms with Gasteiger partial charge in [0.1, 0.15) is 12.7 Å². The van der Waals surface area contributed by atoms with E-state index >= 15 is 0 Å². The third-order valence-electron chi connectivity index (χ3n) is 1.43. The molecule has 1 saturated heterocycles. The summed E-state index contributed by atoms with van der Waals surface area (Å²) in [7, 11) is 0. The van der Waals surface area contributed by atoms with Crippen molar-refractivity contribution in [1.29, 1.82) is 0 Å². The molecule has 3 nitrogen and oxygen atoms in total. The van der Waals surface area contributed by atoms with E-state index in [-0.39, 0.29) is 0 Å². The molecule has 0 atom stereocenters. The Bertz CT molecular complexity index is 180. The first kappa shape index (κ1) is 5.29. The van der Waals surface area contributed by atoms with Gasteiger partial charge in [-0.3, -0.25) is 0 Å². The van der Waals surface area contributed by atoms with E-state index < -0.39 is 0 Å². The molecule has 2 heterocycles. The third-order valence-corrected chi connectivity index (χ3v) is 2.67. The van der Waals surface area contributed by atoms with E-state index in [1.165, 1.54) is 11.5 Å². The van der Waals surface area contributed by atoms with Gasteiger partial charge in [0.15, 0.2) is 0 Å². The van der Waals surface area contributed by atoms with E-state index in [4.69, 9.17) is 0 Å². The van der Waals surface area contributed by atoms with Gasteiger partial charge in [0.25, 0.3) is 0 Å². The maximum absolute atomic E-state index is 4.03. The first-order valence-corrected chi connectivity index (χ1v) is 4.04. The fraction of sp³-hybridized carbons (Fsp3) is 0.600. The fourth-order valence-corrected chi connectivity index (χ4v) is 1.53. The minimum absolute atomic E-state index is 0.623. The Kier molecular flexibility index (Phi) is 1.19. The van der Waals surface area contributed by atoms with Crippen molar-refractivity contribution in [2.45, 2.75) is 6.04 Å². The lowest BCUT2D eigenvalue weighted by Crippen LogP contribution is -2.22. The zero-order chi connectivity index (χ0) is 6.10. The molecule has 0 unspecified atom stereocenters. The summed E-state index contributed by atoms with van der Waals surface area (Å²) in [6.45, 7) is 0. The SMILES string of the molecule is c1ncn(C2CSC2)n1. The van der Waals surface area contributed by atoms with Crippen molar-refractivity contribution in [2.75, 3.05) is 11.5 Å². The van der Waals surface area contributed by atoms with Gasteiger partial charge in [-0.2, -0.15) is 16.9 Å². The van der Waals surface area contributed by atoms with Crippen LogP contribution in [0, 0.1) is 0 Å². The first-order chi connectivity index (χ1) is 4.47. The Morgan fingerprint density at radius 1 is 1.56 bits per heavy atom. The zero-order valence-electron chi connectivity index (χ0n) is 4.90. The van der Waals surface area contributed by atoms with E-state index in [2.05, 4.69) is 10.1 Å². The van der Waals surface area contributed by atoms with E-state index in [1.807, 2.05) is 16.4 Å². The molecule has 1 aliphatic heterocycles. The van der Waals surface area contributed by atoms with Gasteiger partial charge < -0.3 is 0 Å². The van der Waals surface area contributed by atoms with Crippen LogP contribution in [0.4, 0.5) is 0 Å². The summed E-state index contributed by atoms with van der Waals surface area (Å²) in [6.07, 6.45) is 3.37. The smallest absolute Gasteiger partial charge is 0.137 e. The van der Waals surface area contributed by atoms with Crippen LogP contribution in [0.5, 0.6) is 0 Å². The molecule has 0 aliphatic carbocycles. The van der Waals surface area contributed by atoms with Gasteiger partial charge in [-0.25, -0.2) is 9.67 Å². The Labute approximate surface area is 57.5 Å². The number of nitrogens with zero attached hydrogens (tertiary/aromatic N) is 3. The van der Waals surface area contributed by atoms with Crippen LogP contribution in [-0.4, -0.2) is 26.3 Å². The van der Waals surface area contributed by atoms with Crippen molar-refractivity contribution in [3.05, 3.63) is 12.7 Å². The summed E-state index contributed by atoms with van der Waals surface area (Å²) in [5, 5.41) is 4.03. The first-order valence-electron chi connectivity index (χ1n) is 2.88. The van der Waals surface area contributed by atoms with Gasteiger partial charge in [0.05, 0.1) is 6.04 Å². The number of hydrogen-bond donors (Lipinski definition) is 0. The summed E-state index contributed by atoms with van der Waals surface area (Å²) < 4.78 is 1.93. The third kappa shape index (κ3) is 0.830. The van der Waals surface area contributed by atoms with Crippen LogP contribution in [0.2, 0.25) is 0 Å². The summed E-state index contributed by atoms with van der Waals surface area (Å²) in [6, 6.07) is 0.623. The van der Waals surface area contributed by atoms with Crippen LogP contribution >= 0.6 is 11.8 Å². The average Bonchev–Trinajstić information content (AvgIpc) is 2.11. The van der Waals surface area contributed by atoms with E-state index in [1.54, 1.807) is 12.7 Å². The fourth-order valence-electron chi connectivity index (χ4n) is 0.782. The van der Waals surface area contributed by atoms with Crippen LogP contribution in [0.15, 0.2) is 12.7 Å². The number of rotatable bonds is 1. The molecule has 0 bridgehead atoms. The molecule has 1 aliphatic rings. The van der Waals surface area contributed by atoms with Crippen LogP contribution < -0.4 is 0 Å². The Morgan fingerprint density at radius 3 is 2.89 bits per heavy atom. The molecule has 1 aromatic rings. The topological polar surface area (TPSA) is 30.7 Å². The largest absolute Gasteiger partial charge is 0.248 e. The summed E-state index contributed by atoms with van der Waals surface area (Å²) >= 11 is 1.95. The molecular formula is C5H7N3S. The molecule has 2 rings (SSSR count). The van der Waals surface area contributed by atoms with Crippen LogP contribution in [0.25, 0.3) is 0 Å². The predicted octanol–water partition coefficient (Wildman–Crippen LogP) is 0.566. The highest BCUT2D eigenvalue weighted by Gasteiger charge is 2.19. The Morgan fingerprint density at radius 2 is 2.44 bits per heavy atom. The van der Waals surface area contributed by atoms with E-state index in [0.717, 1.165) is 0 Å². The van der Waals surface area contributed by atoms with Gasteiger partial charge in [0, 0.05) is 11.5 Å². The minimum atomic E-state index is 0.623. The van der Waals surface area contributed by atoms with Crippen LogP contribution in [-0.2, 0) is 0 Å². The normalized spacial score (nSPS) is 19.6. The average molecular weight is 141 g/mol. The quantitative estimate of drug-likeness (QED) is 0.572. The number of hydrogen-bond acceptors (Lipinski definition) is 3. The van der Waals surface area contributed by atoms with Crippen molar-refractivity contribution in [1.82, 2.24) is 14.8 Å². The maximum Gasteiger partial charge on any atom is 0.137 e. The maximum atomic E-state index is 4.03. The second kappa shape index (κ2) is 2.02. The Hall–Kier alpha value is -0.510. The minimum Gasteiger partial charge on any atom is -0.248 e. The molecular weight excluding hydrogens is 134 g/mol. The van der Waals surface area contributed by atoms with Gasteiger partial charge in [-0.15, -0.1) is 0 Å². The molecule has 0 radical (unpaired) electrons.